The lowest BCUT2D eigenvalue weighted by Crippen LogP contribution is -2.56. The second-order valence-electron chi connectivity index (χ2n) is 12.4. The molecular formula is C34H32ClF3N2O6Si. The third-order valence-corrected chi connectivity index (χ3v) is 15.4. The number of rotatable bonds is 4. The van der Waals surface area contributed by atoms with Crippen molar-refractivity contribution in [2.24, 2.45) is 0 Å². The number of allylic oxidation sites excluding steroid dienone is 5. The molecule has 7 rings (SSSR count). The minimum atomic E-state index is -5.19. The first-order chi connectivity index (χ1) is 22.3. The number of hydrogen-bond acceptors (Lipinski definition) is 5. The second kappa shape index (κ2) is 12.5. The van der Waals surface area contributed by atoms with E-state index in [0.29, 0.717) is 5.56 Å². The summed E-state index contributed by atoms with van der Waals surface area (Å²) < 4.78 is 34.0. The number of carbonyl (C=O) groups excluding carboxylic acids is 1. The molecule has 0 bridgehead atoms. The molecular weight excluding hydrogens is 653 g/mol. The highest BCUT2D eigenvalue weighted by Crippen LogP contribution is 2.48. The van der Waals surface area contributed by atoms with Crippen LogP contribution < -0.4 is 15.2 Å². The van der Waals surface area contributed by atoms with E-state index in [0.717, 1.165) is 42.9 Å². The highest BCUT2D eigenvalue weighted by atomic mass is 35.5. The van der Waals surface area contributed by atoms with E-state index in [1.165, 1.54) is 78.1 Å². The number of alkyl halides is 3. The van der Waals surface area contributed by atoms with Crippen molar-refractivity contribution in [1.29, 1.82) is 0 Å². The molecule has 0 amide bonds. The first-order valence-corrected chi connectivity index (χ1v) is 18.4. The summed E-state index contributed by atoms with van der Waals surface area (Å²) in [5, 5.41) is 31.7. The lowest BCUT2D eigenvalue weighted by atomic mass is 9.86. The number of anilines is 1. The minimum Gasteiger partial charge on any atom is -0.542 e. The van der Waals surface area contributed by atoms with Gasteiger partial charge in [0.15, 0.2) is 5.71 Å². The van der Waals surface area contributed by atoms with Crippen molar-refractivity contribution in [3.63, 3.8) is 0 Å². The van der Waals surface area contributed by atoms with Crippen LogP contribution in [0.2, 0.25) is 17.1 Å². The second-order valence-corrected chi connectivity index (χ2v) is 17.1. The zero-order valence-electron chi connectivity index (χ0n) is 25.3. The van der Waals surface area contributed by atoms with Crippen molar-refractivity contribution in [3.8, 4) is 0 Å². The Balaban J connectivity index is 0.000000499. The van der Waals surface area contributed by atoms with Gasteiger partial charge >= 0.3 is 18.1 Å². The number of nitrogens with zero attached hydrogens (tertiary/aromatic N) is 2. The highest BCUT2D eigenvalue weighted by molar-refractivity contribution is 7.00. The van der Waals surface area contributed by atoms with Gasteiger partial charge in [0.1, 0.15) is 27.1 Å². The van der Waals surface area contributed by atoms with Gasteiger partial charge in [-0.15, -0.1) is 0 Å². The summed E-state index contributed by atoms with van der Waals surface area (Å²) in [6.45, 7) is 4.23. The summed E-state index contributed by atoms with van der Waals surface area (Å²) in [6.07, 6.45) is 7.59. The third-order valence-electron chi connectivity index (χ3n) is 9.79. The van der Waals surface area contributed by atoms with Crippen LogP contribution in [0.25, 0.3) is 5.57 Å². The molecule has 47 heavy (non-hydrogen) atoms. The molecule has 0 radical (unpaired) electrons. The highest BCUT2D eigenvalue weighted by Gasteiger charge is 2.48. The largest absolute Gasteiger partial charge is 0.542 e. The van der Waals surface area contributed by atoms with E-state index in [-0.39, 0.29) is 16.1 Å². The van der Waals surface area contributed by atoms with E-state index in [4.69, 9.17) is 21.5 Å². The van der Waals surface area contributed by atoms with Gasteiger partial charge < -0.3 is 25.0 Å². The molecule has 2 N–H and O–H groups in total. The Bertz CT molecular complexity index is 1810. The zero-order valence-corrected chi connectivity index (χ0v) is 27.1. The topological polar surface area (TPSA) is 121 Å². The molecule has 2 aromatic carbocycles. The Morgan fingerprint density at radius 1 is 0.872 bits per heavy atom. The summed E-state index contributed by atoms with van der Waals surface area (Å²) in [7, 11) is -2.17. The Kier molecular flexibility index (Phi) is 8.68. The Labute approximate surface area is 274 Å². The fourth-order valence-corrected chi connectivity index (χ4v) is 13.1. The summed E-state index contributed by atoms with van der Waals surface area (Å²) in [5.74, 6) is -5.29. The smallest absolute Gasteiger partial charge is 0.430 e. The summed E-state index contributed by atoms with van der Waals surface area (Å²) in [6, 6.07) is 11.9. The molecule has 0 atom stereocenters. The van der Waals surface area contributed by atoms with Gasteiger partial charge in [0, 0.05) is 30.9 Å². The van der Waals surface area contributed by atoms with Crippen LogP contribution >= 0.6 is 11.6 Å². The first kappa shape index (κ1) is 32.8. The lowest BCUT2D eigenvalue weighted by Gasteiger charge is -2.45. The maximum atomic E-state index is 12.6. The van der Waals surface area contributed by atoms with Gasteiger partial charge in [0.25, 0.3) is 0 Å². The molecule has 246 valence electrons. The fraction of sp³-hybridized carbons (Fsp3) is 0.353. The zero-order chi connectivity index (χ0) is 33.7. The van der Waals surface area contributed by atoms with Crippen LogP contribution in [-0.2, 0) is 4.79 Å². The van der Waals surface area contributed by atoms with E-state index >= 15 is 0 Å². The molecule has 3 saturated heterocycles. The van der Waals surface area contributed by atoms with E-state index in [1.54, 1.807) is 0 Å². The first-order valence-electron chi connectivity index (χ1n) is 15.6. The average Bonchev–Trinajstić information content (AvgIpc) is 2.96. The van der Waals surface area contributed by atoms with Crippen molar-refractivity contribution in [2.45, 2.75) is 50.4 Å². The lowest BCUT2D eigenvalue weighted by molar-refractivity contribution is -0.582. The summed E-state index contributed by atoms with van der Waals surface area (Å²) in [4.78, 5) is 35.9. The third kappa shape index (κ3) is 5.93. The van der Waals surface area contributed by atoms with Crippen LogP contribution in [0.15, 0.2) is 59.3 Å². The van der Waals surface area contributed by atoms with Crippen LogP contribution in [-0.4, -0.2) is 78.8 Å². The Morgan fingerprint density at radius 2 is 1.53 bits per heavy atom. The molecule has 1 spiro atoms. The SMILES string of the molecule is O=C(O)c1cc(C2=C3C=CC(=[N+]4CCC4)C=C3[Si]3(CCCCC3)c3cc(N4CCC4)ccc32)c(C(=O)O)cc1Cl.O=C([O-])C(F)(F)F. The minimum absolute atomic E-state index is 0.0294. The number of carboxylic acids is 3. The van der Waals surface area contributed by atoms with Crippen LogP contribution in [0.4, 0.5) is 18.9 Å². The predicted molar refractivity (Wildman–Crippen MR) is 171 cm³/mol. The quantitative estimate of drug-likeness (QED) is 0.351. The maximum Gasteiger partial charge on any atom is 0.430 e. The van der Waals surface area contributed by atoms with Crippen LogP contribution in [0.3, 0.4) is 0 Å². The van der Waals surface area contributed by atoms with Gasteiger partial charge in [0.2, 0.25) is 0 Å². The fourth-order valence-electron chi connectivity index (χ4n) is 7.23. The van der Waals surface area contributed by atoms with Crippen molar-refractivity contribution in [1.82, 2.24) is 0 Å². The maximum absolute atomic E-state index is 12.6. The van der Waals surface area contributed by atoms with E-state index in [1.807, 2.05) is 0 Å². The van der Waals surface area contributed by atoms with E-state index < -0.39 is 32.2 Å². The molecule has 0 unspecified atom stereocenters. The van der Waals surface area contributed by atoms with Crippen LogP contribution in [0, 0.1) is 0 Å². The van der Waals surface area contributed by atoms with Crippen LogP contribution in [0.5, 0.6) is 0 Å². The number of carboxylic acid groups (broad SMARTS) is 3. The van der Waals surface area contributed by atoms with E-state index in [9.17, 15) is 33.0 Å². The Hall–Kier alpha value is -4.16. The van der Waals surface area contributed by atoms with Gasteiger partial charge in [0.05, 0.1) is 22.6 Å². The molecule has 3 fully saturated rings. The monoisotopic (exact) mass is 684 g/mol. The predicted octanol–water partition coefficient (Wildman–Crippen LogP) is 4.79. The summed E-state index contributed by atoms with van der Waals surface area (Å²) >= 11 is 6.29. The van der Waals surface area contributed by atoms with Gasteiger partial charge in [-0.2, -0.15) is 13.2 Å². The van der Waals surface area contributed by atoms with Crippen LogP contribution in [0.1, 0.15) is 63.9 Å². The number of fused-ring (bicyclic) bond motifs is 4. The number of carbonyl (C=O) groups is 3. The molecule has 5 aliphatic rings. The normalized spacial score (nSPS) is 19.5. The van der Waals surface area contributed by atoms with Gasteiger partial charge in [-0.25, -0.2) is 14.2 Å². The molecule has 2 aromatic rings. The van der Waals surface area contributed by atoms with Crippen molar-refractivity contribution in [2.75, 3.05) is 31.1 Å². The number of aliphatic carboxylic acids is 1. The summed E-state index contributed by atoms with van der Waals surface area (Å²) in [5.41, 5.74) is 5.78. The molecule has 8 nitrogen and oxygen atoms in total. The van der Waals surface area contributed by atoms with Crippen molar-refractivity contribution < 1.29 is 47.4 Å². The number of benzene rings is 2. The standard InChI is InChI=1S/C32H31ClN2O4Si.C2HF3O2/c33-27-19-25(31(36)37)24(18-26(27)32(38)39)30-22-8-6-20(34-10-4-11-34)16-28(22)40(14-2-1-3-15-40)29-17-21(7-9-23(29)30)35-12-5-13-35;3-2(4,5)1(6)7/h6-9,16-19H,1-5,10-15H2,(H-,36,37,38,39);(H,6,7). The number of hydrogen-bond donors (Lipinski definition) is 2. The molecule has 0 aromatic heterocycles. The van der Waals surface area contributed by atoms with Gasteiger partial charge in [-0.1, -0.05) is 36.9 Å². The Morgan fingerprint density at radius 3 is 2.06 bits per heavy atom. The molecule has 1 aliphatic carbocycles. The molecule has 4 heterocycles. The average molecular weight is 685 g/mol. The van der Waals surface area contributed by atoms with Crippen molar-refractivity contribution in [3.05, 3.63) is 86.6 Å². The molecule has 4 aliphatic heterocycles. The van der Waals surface area contributed by atoms with Gasteiger partial charge in [-0.3, -0.25) is 0 Å². The molecule has 13 heteroatoms. The van der Waals surface area contributed by atoms with Gasteiger partial charge in [-0.05, 0) is 81.5 Å². The number of halogens is 4. The molecule has 0 saturated carbocycles. The number of aromatic carboxylic acids is 2. The van der Waals surface area contributed by atoms with Crippen molar-refractivity contribution >= 4 is 59.7 Å². The van der Waals surface area contributed by atoms with E-state index in [2.05, 4.69) is 45.9 Å².